The summed E-state index contributed by atoms with van der Waals surface area (Å²) in [6, 6.07) is 1.77. The third kappa shape index (κ3) is 2.29. The molecule has 0 saturated heterocycles. The van der Waals surface area contributed by atoms with Crippen molar-refractivity contribution in [3.63, 3.8) is 0 Å². The average Bonchev–Trinajstić information content (AvgIpc) is 1.88. The monoisotopic (exact) mass is 328 g/mol. The van der Waals surface area contributed by atoms with Gasteiger partial charge >= 0.3 is 0 Å². The minimum atomic E-state index is -0.492. The molecule has 0 unspecified atom stereocenters. The van der Waals surface area contributed by atoms with Crippen LogP contribution >= 0.6 is 47.8 Å². The Morgan fingerprint density at radius 1 is 1.10 bits per heavy atom. The van der Waals surface area contributed by atoms with E-state index in [0.717, 1.165) is 0 Å². The first kappa shape index (κ1) is 8.62. The van der Waals surface area contributed by atoms with Crippen molar-refractivity contribution in [1.29, 1.82) is 0 Å². The summed E-state index contributed by atoms with van der Waals surface area (Å²) in [4.78, 5) is 8.00. The predicted molar refractivity (Wildman–Crippen MR) is 50.5 cm³/mol. The van der Waals surface area contributed by atoms with Crippen molar-refractivity contribution in [3.05, 3.63) is 24.3 Å². The number of nitrogens with zero attached hydrogens (tertiary/aromatic N) is 2. The van der Waals surface area contributed by atoms with Gasteiger partial charge in [-0.2, -0.15) is 0 Å². The summed E-state index contributed by atoms with van der Waals surface area (Å²) < 4.78 is -0.492. The molecule has 0 N–H and O–H groups in total. The molecule has 5 heteroatoms. The lowest BCUT2D eigenvalue weighted by molar-refractivity contribution is 1.02. The topological polar surface area (TPSA) is 25.8 Å². The molecule has 10 heavy (non-hydrogen) atoms. The summed E-state index contributed by atoms with van der Waals surface area (Å²) >= 11 is 9.88. The van der Waals surface area contributed by atoms with Crippen molar-refractivity contribution < 1.29 is 0 Å². The molecular weight excluding hydrogens is 328 g/mol. The van der Waals surface area contributed by atoms with Crippen LogP contribution in [-0.4, -0.2) is 9.97 Å². The van der Waals surface area contributed by atoms with Gasteiger partial charge in [-0.3, -0.25) is 0 Å². The molecule has 1 heterocycles. The fourth-order valence-electron chi connectivity index (χ4n) is 0.445. The number of rotatable bonds is 0. The second kappa shape index (κ2) is 3.28. The molecule has 1 rings (SSSR count). The molecular formula is C5H3Br3N2. The molecule has 0 aliphatic carbocycles. The van der Waals surface area contributed by atoms with Crippen molar-refractivity contribution in [3.8, 4) is 0 Å². The van der Waals surface area contributed by atoms with Gasteiger partial charge in [0.1, 0.15) is 0 Å². The van der Waals surface area contributed by atoms with E-state index >= 15 is 0 Å². The lowest BCUT2D eigenvalue weighted by Gasteiger charge is -2.07. The predicted octanol–water partition coefficient (Wildman–Crippen LogP) is 2.77. The minimum Gasteiger partial charge on any atom is -0.238 e. The van der Waals surface area contributed by atoms with E-state index in [-0.39, 0.29) is 0 Å². The van der Waals surface area contributed by atoms with Crippen LogP contribution in [0.25, 0.3) is 0 Å². The van der Waals surface area contributed by atoms with Crippen LogP contribution in [0.1, 0.15) is 5.82 Å². The highest BCUT2D eigenvalue weighted by molar-refractivity contribution is 9.38. The summed E-state index contributed by atoms with van der Waals surface area (Å²) in [5.41, 5.74) is 0. The van der Waals surface area contributed by atoms with E-state index in [1.54, 1.807) is 18.5 Å². The van der Waals surface area contributed by atoms with E-state index in [1.807, 2.05) is 0 Å². The van der Waals surface area contributed by atoms with Crippen molar-refractivity contribution in [2.45, 2.75) is 2.14 Å². The van der Waals surface area contributed by atoms with Crippen LogP contribution < -0.4 is 0 Å². The first-order valence-corrected chi connectivity index (χ1v) is 4.83. The second-order valence-electron chi connectivity index (χ2n) is 1.57. The third-order valence-corrected chi connectivity index (χ3v) is 1.88. The molecule has 0 aromatic carbocycles. The minimum absolute atomic E-state index is 0.492. The van der Waals surface area contributed by atoms with Crippen LogP contribution in [0.15, 0.2) is 18.5 Å². The molecule has 0 atom stereocenters. The number of halogens is 3. The summed E-state index contributed by atoms with van der Waals surface area (Å²) in [5.74, 6) is 0.648. The zero-order valence-corrected chi connectivity index (χ0v) is 9.52. The van der Waals surface area contributed by atoms with E-state index in [1.165, 1.54) is 0 Å². The van der Waals surface area contributed by atoms with Gasteiger partial charge in [0.15, 0.2) is 7.97 Å². The van der Waals surface area contributed by atoms with E-state index in [4.69, 9.17) is 0 Å². The van der Waals surface area contributed by atoms with Gasteiger partial charge in [0.25, 0.3) is 0 Å². The van der Waals surface area contributed by atoms with Gasteiger partial charge in [-0.25, -0.2) is 9.97 Å². The van der Waals surface area contributed by atoms with E-state index in [2.05, 4.69) is 57.8 Å². The van der Waals surface area contributed by atoms with Crippen LogP contribution in [0.3, 0.4) is 0 Å². The Bertz CT molecular complexity index is 206. The molecule has 0 spiro atoms. The maximum absolute atomic E-state index is 4.00. The number of hydrogen-bond donors (Lipinski definition) is 0. The first-order valence-electron chi connectivity index (χ1n) is 2.45. The maximum atomic E-state index is 4.00. The highest BCUT2D eigenvalue weighted by atomic mass is 80.0. The Hall–Kier alpha value is 0.520. The summed E-state index contributed by atoms with van der Waals surface area (Å²) in [7, 11) is 0. The van der Waals surface area contributed by atoms with Gasteiger partial charge in [-0.15, -0.1) is 0 Å². The largest absolute Gasteiger partial charge is 0.238 e. The maximum Gasteiger partial charge on any atom is 0.193 e. The van der Waals surface area contributed by atoms with Crippen molar-refractivity contribution >= 4 is 47.8 Å². The summed E-state index contributed by atoms with van der Waals surface area (Å²) in [6.45, 7) is 0. The van der Waals surface area contributed by atoms with E-state index < -0.39 is 2.14 Å². The lowest BCUT2D eigenvalue weighted by atomic mass is 10.6. The molecule has 0 bridgehead atoms. The van der Waals surface area contributed by atoms with Gasteiger partial charge in [0.2, 0.25) is 0 Å². The van der Waals surface area contributed by atoms with E-state index in [9.17, 15) is 0 Å². The van der Waals surface area contributed by atoms with Crippen molar-refractivity contribution in [2.24, 2.45) is 0 Å². The Morgan fingerprint density at radius 3 is 1.90 bits per heavy atom. The van der Waals surface area contributed by atoms with Gasteiger partial charge < -0.3 is 0 Å². The molecule has 1 aromatic rings. The summed E-state index contributed by atoms with van der Waals surface area (Å²) in [6.07, 6.45) is 3.36. The zero-order chi connectivity index (χ0) is 7.61. The molecule has 0 saturated carbocycles. The average molecular weight is 331 g/mol. The standard InChI is InChI=1S/C5H3Br3N2/c6-5(7,8)4-9-2-1-3-10-4/h1-3H. The molecule has 0 radical (unpaired) electrons. The van der Waals surface area contributed by atoms with Gasteiger partial charge in [0, 0.05) is 12.4 Å². The molecule has 2 nitrogen and oxygen atoms in total. The Morgan fingerprint density at radius 2 is 1.60 bits per heavy atom. The summed E-state index contributed by atoms with van der Waals surface area (Å²) in [5, 5.41) is 0. The second-order valence-corrected chi connectivity index (χ2v) is 8.33. The van der Waals surface area contributed by atoms with Gasteiger partial charge in [-0.05, 0) is 6.07 Å². The SMILES string of the molecule is BrC(Br)(Br)c1ncccn1. The highest BCUT2D eigenvalue weighted by Gasteiger charge is 2.23. The number of hydrogen-bond acceptors (Lipinski definition) is 2. The molecule has 0 fully saturated rings. The fourth-order valence-corrected chi connectivity index (χ4v) is 1.06. The van der Waals surface area contributed by atoms with Crippen LogP contribution in [0.4, 0.5) is 0 Å². The fraction of sp³-hybridized carbons (Fsp3) is 0.200. The molecule has 0 amide bonds. The van der Waals surface area contributed by atoms with Crippen molar-refractivity contribution in [2.75, 3.05) is 0 Å². The van der Waals surface area contributed by atoms with Crippen LogP contribution in [0.2, 0.25) is 0 Å². The zero-order valence-electron chi connectivity index (χ0n) is 4.76. The normalized spacial score (nSPS) is 11.5. The smallest absolute Gasteiger partial charge is 0.193 e. The van der Waals surface area contributed by atoms with Crippen molar-refractivity contribution in [1.82, 2.24) is 9.97 Å². The quantitative estimate of drug-likeness (QED) is 0.684. The molecule has 0 aliphatic rings. The lowest BCUT2D eigenvalue weighted by Crippen LogP contribution is -2.03. The van der Waals surface area contributed by atoms with Gasteiger partial charge in [0.05, 0.1) is 0 Å². The Labute approximate surface area is 83.8 Å². The van der Waals surface area contributed by atoms with Crippen LogP contribution in [0.5, 0.6) is 0 Å². The van der Waals surface area contributed by atoms with Crippen LogP contribution in [0, 0.1) is 0 Å². The Balaban J connectivity index is 2.97. The van der Waals surface area contributed by atoms with E-state index in [0.29, 0.717) is 5.82 Å². The highest BCUT2D eigenvalue weighted by Crippen LogP contribution is 2.41. The molecule has 54 valence electrons. The molecule has 0 aliphatic heterocycles. The third-order valence-electron chi connectivity index (χ3n) is 0.819. The van der Waals surface area contributed by atoms with Gasteiger partial charge in [-0.1, -0.05) is 47.8 Å². The number of aromatic nitrogens is 2. The first-order chi connectivity index (χ1) is 4.61. The molecule has 1 aromatic heterocycles. The van der Waals surface area contributed by atoms with Crippen LogP contribution in [-0.2, 0) is 2.14 Å². The number of alkyl halides is 3. The Kier molecular flexibility index (Phi) is 2.82.